The van der Waals surface area contributed by atoms with E-state index in [1.165, 1.54) is 11.8 Å². The minimum atomic E-state index is -0.335. The summed E-state index contributed by atoms with van der Waals surface area (Å²) < 4.78 is 8.19. The van der Waals surface area contributed by atoms with E-state index in [2.05, 4.69) is 31.4 Å². The SMILES string of the molecule is COCCn1c(S[C@@H](C)C(=O)Nc2ccc(Br)cc2)nnc1-c1ccccc1. The maximum absolute atomic E-state index is 12.6. The Morgan fingerprint density at radius 1 is 1.18 bits per heavy atom. The van der Waals surface area contributed by atoms with Crippen LogP contribution in [0.5, 0.6) is 0 Å². The lowest BCUT2D eigenvalue weighted by Crippen LogP contribution is -2.23. The normalized spacial score (nSPS) is 12.0. The summed E-state index contributed by atoms with van der Waals surface area (Å²) >= 11 is 4.77. The Balaban J connectivity index is 1.75. The standard InChI is InChI=1S/C20H21BrN4O2S/c1-14(19(26)22-17-10-8-16(21)9-11-17)28-20-24-23-18(25(20)12-13-27-2)15-6-4-3-5-7-15/h3-11,14H,12-13H2,1-2H3,(H,22,26)/t14-/m0/s1. The monoisotopic (exact) mass is 460 g/mol. The van der Waals surface area contributed by atoms with Crippen LogP contribution in [-0.4, -0.2) is 39.6 Å². The van der Waals surface area contributed by atoms with Crippen LogP contribution in [0.25, 0.3) is 11.4 Å². The number of carbonyl (C=O) groups is 1. The number of rotatable bonds is 8. The van der Waals surface area contributed by atoms with Gasteiger partial charge in [0, 0.05) is 22.8 Å². The summed E-state index contributed by atoms with van der Waals surface area (Å²) in [7, 11) is 1.66. The molecule has 1 N–H and O–H groups in total. The van der Waals surface area contributed by atoms with Crippen molar-refractivity contribution in [1.29, 1.82) is 0 Å². The molecule has 0 bridgehead atoms. The van der Waals surface area contributed by atoms with Gasteiger partial charge in [-0.3, -0.25) is 9.36 Å². The number of thioether (sulfide) groups is 1. The molecule has 1 heterocycles. The largest absolute Gasteiger partial charge is 0.383 e. The number of nitrogens with zero attached hydrogens (tertiary/aromatic N) is 3. The highest BCUT2D eigenvalue weighted by atomic mass is 79.9. The number of aromatic nitrogens is 3. The van der Waals surface area contributed by atoms with E-state index in [1.807, 2.05) is 66.1 Å². The van der Waals surface area contributed by atoms with E-state index in [0.717, 1.165) is 21.5 Å². The fourth-order valence-electron chi connectivity index (χ4n) is 2.55. The molecule has 146 valence electrons. The molecule has 2 aromatic carbocycles. The van der Waals surface area contributed by atoms with Gasteiger partial charge in [-0.2, -0.15) is 0 Å². The molecule has 1 atom stereocenters. The summed E-state index contributed by atoms with van der Waals surface area (Å²) in [6, 6.07) is 17.4. The van der Waals surface area contributed by atoms with Gasteiger partial charge in [-0.25, -0.2) is 0 Å². The summed E-state index contributed by atoms with van der Waals surface area (Å²) in [6.45, 7) is 3.00. The zero-order valence-corrected chi connectivity index (χ0v) is 18.0. The number of ether oxygens (including phenoxy) is 1. The third-order valence-electron chi connectivity index (χ3n) is 4.03. The zero-order chi connectivity index (χ0) is 19.9. The summed E-state index contributed by atoms with van der Waals surface area (Å²) in [5.41, 5.74) is 1.73. The number of hydrogen-bond acceptors (Lipinski definition) is 5. The van der Waals surface area contributed by atoms with Gasteiger partial charge in [-0.05, 0) is 31.2 Å². The van der Waals surface area contributed by atoms with E-state index in [9.17, 15) is 4.79 Å². The zero-order valence-electron chi connectivity index (χ0n) is 15.6. The predicted molar refractivity (Wildman–Crippen MR) is 115 cm³/mol. The summed E-state index contributed by atoms with van der Waals surface area (Å²) in [5.74, 6) is 0.676. The first kappa shape index (κ1) is 20.6. The molecule has 0 aliphatic carbocycles. The lowest BCUT2D eigenvalue weighted by atomic mass is 10.2. The third-order valence-corrected chi connectivity index (χ3v) is 5.64. The fraction of sp³-hybridized carbons (Fsp3) is 0.250. The van der Waals surface area contributed by atoms with Gasteiger partial charge in [0.05, 0.1) is 18.4 Å². The second-order valence-electron chi connectivity index (χ2n) is 6.07. The van der Waals surface area contributed by atoms with Crippen LogP contribution in [0.15, 0.2) is 64.2 Å². The highest BCUT2D eigenvalue weighted by Crippen LogP contribution is 2.27. The molecular formula is C20H21BrN4O2S. The minimum Gasteiger partial charge on any atom is -0.383 e. The van der Waals surface area contributed by atoms with Gasteiger partial charge >= 0.3 is 0 Å². The average Bonchev–Trinajstić information content (AvgIpc) is 3.11. The van der Waals surface area contributed by atoms with Crippen LogP contribution in [0.2, 0.25) is 0 Å². The van der Waals surface area contributed by atoms with Gasteiger partial charge in [0.25, 0.3) is 0 Å². The van der Waals surface area contributed by atoms with Crippen molar-refractivity contribution in [1.82, 2.24) is 14.8 Å². The van der Waals surface area contributed by atoms with Gasteiger partial charge in [0.1, 0.15) is 0 Å². The molecule has 0 aliphatic heterocycles. The molecule has 28 heavy (non-hydrogen) atoms. The van der Waals surface area contributed by atoms with Gasteiger partial charge in [-0.1, -0.05) is 58.0 Å². The number of nitrogens with one attached hydrogen (secondary N) is 1. The van der Waals surface area contributed by atoms with E-state index in [-0.39, 0.29) is 11.2 Å². The molecule has 0 fully saturated rings. The van der Waals surface area contributed by atoms with Crippen molar-refractivity contribution < 1.29 is 9.53 Å². The number of methoxy groups -OCH3 is 1. The predicted octanol–water partition coefficient (Wildman–Crippen LogP) is 4.47. The number of carbonyl (C=O) groups excluding carboxylic acids is 1. The molecule has 3 rings (SSSR count). The molecule has 6 nitrogen and oxygen atoms in total. The van der Waals surface area contributed by atoms with Crippen molar-refractivity contribution in [3.63, 3.8) is 0 Å². The van der Waals surface area contributed by atoms with Crippen LogP contribution in [-0.2, 0) is 16.1 Å². The first-order valence-corrected chi connectivity index (χ1v) is 10.5. The van der Waals surface area contributed by atoms with Gasteiger partial charge in [0.15, 0.2) is 11.0 Å². The topological polar surface area (TPSA) is 69.0 Å². The number of hydrogen-bond donors (Lipinski definition) is 1. The van der Waals surface area contributed by atoms with Crippen LogP contribution >= 0.6 is 27.7 Å². The Bertz CT molecular complexity index is 916. The van der Waals surface area contributed by atoms with Crippen molar-refractivity contribution >= 4 is 39.3 Å². The maximum Gasteiger partial charge on any atom is 0.237 e. The van der Waals surface area contributed by atoms with Gasteiger partial charge < -0.3 is 10.1 Å². The molecule has 0 radical (unpaired) electrons. The molecule has 1 aromatic heterocycles. The van der Waals surface area contributed by atoms with E-state index in [4.69, 9.17) is 4.74 Å². The smallest absolute Gasteiger partial charge is 0.237 e. The lowest BCUT2D eigenvalue weighted by molar-refractivity contribution is -0.115. The second kappa shape index (κ2) is 9.86. The van der Waals surface area contributed by atoms with Crippen molar-refractivity contribution in [3.05, 3.63) is 59.1 Å². The fourth-order valence-corrected chi connectivity index (χ4v) is 3.69. The van der Waals surface area contributed by atoms with Crippen molar-refractivity contribution in [2.24, 2.45) is 0 Å². The molecule has 0 saturated carbocycles. The Morgan fingerprint density at radius 3 is 2.57 bits per heavy atom. The van der Waals surface area contributed by atoms with Crippen LogP contribution < -0.4 is 5.32 Å². The lowest BCUT2D eigenvalue weighted by Gasteiger charge is -2.14. The van der Waals surface area contributed by atoms with Crippen LogP contribution in [0.4, 0.5) is 5.69 Å². The maximum atomic E-state index is 12.6. The Morgan fingerprint density at radius 2 is 1.89 bits per heavy atom. The molecular weight excluding hydrogens is 440 g/mol. The molecule has 1 amide bonds. The minimum absolute atomic E-state index is 0.0881. The van der Waals surface area contributed by atoms with Crippen LogP contribution in [0, 0.1) is 0 Å². The van der Waals surface area contributed by atoms with Crippen molar-refractivity contribution in [2.75, 3.05) is 19.0 Å². The van der Waals surface area contributed by atoms with Crippen LogP contribution in [0.3, 0.4) is 0 Å². The highest BCUT2D eigenvalue weighted by molar-refractivity contribution is 9.10. The van der Waals surface area contributed by atoms with Crippen LogP contribution in [0.1, 0.15) is 6.92 Å². The van der Waals surface area contributed by atoms with Gasteiger partial charge in [-0.15, -0.1) is 10.2 Å². The third kappa shape index (κ3) is 5.21. The molecule has 0 aliphatic rings. The quantitative estimate of drug-likeness (QED) is 0.502. The average molecular weight is 461 g/mol. The molecule has 8 heteroatoms. The molecule has 0 unspecified atom stereocenters. The first-order valence-electron chi connectivity index (χ1n) is 8.79. The molecule has 0 saturated heterocycles. The van der Waals surface area contributed by atoms with Gasteiger partial charge in [0.2, 0.25) is 5.91 Å². The van der Waals surface area contributed by atoms with E-state index >= 15 is 0 Å². The molecule has 3 aromatic rings. The van der Waals surface area contributed by atoms with Crippen molar-refractivity contribution in [3.8, 4) is 11.4 Å². The summed E-state index contributed by atoms with van der Waals surface area (Å²) in [5, 5.41) is 11.9. The number of amides is 1. The Hall–Kier alpha value is -2.16. The van der Waals surface area contributed by atoms with E-state index < -0.39 is 0 Å². The van der Waals surface area contributed by atoms with E-state index in [0.29, 0.717) is 18.3 Å². The number of anilines is 1. The summed E-state index contributed by atoms with van der Waals surface area (Å²) in [6.07, 6.45) is 0. The Kier molecular flexibility index (Phi) is 7.24. The highest BCUT2D eigenvalue weighted by Gasteiger charge is 2.21. The number of halogens is 1. The Labute approximate surface area is 176 Å². The number of benzene rings is 2. The van der Waals surface area contributed by atoms with E-state index in [1.54, 1.807) is 7.11 Å². The second-order valence-corrected chi connectivity index (χ2v) is 8.30. The summed E-state index contributed by atoms with van der Waals surface area (Å²) in [4.78, 5) is 12.6. The molecule has 0 spiro atoms. The first-order chi connectivity index (χ1) is 13.6. The van der Waals surface area contributed by atoms with Crippen molar-refractivity contribution in [2.45, 2.75) is 23.9 Å².